The molecule has 1 fully saturated rings. The number of rotatable bonds is 31. The molecule has 13 nitrogen and oxygen atoms in total. The summed E-state index contributed by atoms with van der Waals surface area (Å²) in [6.45, 7) is 2.89. The first-order valence-electron chi connectivity index (χ1n) is 18.4. The summed E-state index contributed by atoms with van der Waals surface area (Å²) in [6.07, 6.45) is 10.1. The van der Waals surface area contributed by atoms with Gasteiger partial charge in [-0.1, -0.05) is 103 Å². The zero-order valence-electron chi connectivity index (χ0n) is 30.3. The highest BCUT2D eigenvalue weighted by molar-refractivity contribution is 7.47. The molecule has 0 bridgehead atoms. The average Bonchev–Trinajstić information content (AvgIpc) is 3.03. The second kappa shape index (κ2) is 26.5. The van der Waals surface area contributed by atoms with Gasteiger partial charge in [0, 0.05) is 6.61 Å². The van der Waals surface area contributed by atoms with Gasteiger partial charge in [0.2, 0.25) is 0 Å². The van der Waals surface area contributed by atoms with E-state index in [4.69, 9.17) is 23.3 Å². The minimum atomic E-state index is -4.33. The second-order valence-corrected chi connectivity index (χ2v) is 15.7. The summed E-state index contributed by atoms with van der Waals surface area (Å²) < 4.78 is 40.2. The van der Waals surface area contributed by atoms with E-state index in [0.717, 1.165) is 19.3 Å². The highest BCUT2D eigenvalue weighted by Gasteiger charge is 2.48. The fourth-order valence-electron chi connectivity index (χ4n) is 5.55. The number of ether oxygens (including phenoxy) is 3. The maximum atomic E-state index is 12.4. The molecular formula is C34H71NO12P+. The first kappa shape index (κ1) is 45.8. The lowest BCUT2D eigenvalue weighted by Crippen LogP contribution is -2.64. The molecule has 0 aromatic rings. The third-order valence-electron chi connectivity index (χ3n) is 8.71. The van der Waals surface area contributed by atoms with Crippen molar-refractivity contribution in [3.63, 3.8) is 0 Å². The molecule has 0 spiro atoms. The van der Waals surface area contributed by atoms with Crippen LogP contribution >= 0.6 is 7.82 Å². The van der Waals surface area contributed by atoms with Gasteiger partial charge in [-0.15, -0.1) is 0 Å². The third kappa shape index (κ3) is 21.9. The van der Waals surface area contributed by atoms with E-state index in [1.54, 1.807) is 0 Å². The predicted molar refractivity (Wildman–Crippen MR) is 185 cm³/mol. The minimum Gasteiger partial charge on any atom is -0.387 e. The molecule has 4 unspecified atom stereocenters. The Kier molecular flexibility index (Phi) is 25.3. The molecule has 1 aliphatic carbocycles. The number of hydrogen-bond acceptors (Lipinski definition) is 11. The number of phosphoric acid groups is 1. The largest absolute Gasteiger partial charge is 0.472 e. The highest BCUT2D eigenvalue weighted by Crippen LogP contribution is 2.43. The Balaban J connectivity index is 2.31. The Morgan fingerprint density at radius 3 is 1.52 bits per heavy atom. The first-order chi connectivity index (χ1) is 22.8. The molecule has 288 valence electrons. The van der Waals surface area contributed by atoms with Crippen molar-refractivity contribution in [1.29, 1.82) is 0 Å². The summed E-state index contributed by atoms with van der Waals surface area (Å²) in [6, 6.07) is 0. The van der Waals surface area contributed by atoms with E-state index in [1.807, 2.05) is 21.1 Å². The van der Waals surface area contributed by atoms with Gasteiger partial charge in [0.05, 0.1) is 47.6 Å². The van der Waals surface area contributed by atoms with Gasteiger partial charge < -0.3 is 49.1 Å². The van der Waals surface area contributed by atoms with Gasteiger partial charge in [0.15, 0.2) is 0 Å². The topological polar surface area (TPSA) is 185 Å². The third-order valence-corrected chi connectivity index (χ3v) is 9.69. The number of likely N-dealkylation sites (N-methyl/N-ethyl adjacent to an activating group) is 1. The number of aliphatic hydroxyl groups is 5. The van der Waals surface area contributed by atoms with Gasteiger partial charge in [0.25, 0.3) is 0 Å². The van der Waals surface area contributed by atoms with Gasteiger partial charge >= 0.3 is 7.82 Å². The van der Waals surface area contributed by atoms with E-state index >= 15 is 0 Å². The number of unbranched alkanes of at least 4 members (excludes halogenated alkanes) is 15. The summed E-state index contributed by atoms with van der Waals surface area (Å²) in [5, 5.41) is 49.9. The summed E-state index contributed by atoms with van der Waals surface area (Å²) in [4.78, 5) is 10.1. The Morgan fingerprint density at radius 1 is 0.583 bits per heavy atom. The maximum Gasteiger partial charge on any atom is 0.472 e. The van der Waals surface area contributed by atoms with Crippen LogP contribution in [0.4, 0.5) is 0 Å². The number of hydrogen-bond donors (Lipinski definition) is 6. The molecule has 0 aromatic heterocycles. The van der Waals surface area contributed by atoms with Crippen molar-refractivity contribution in [3.05, 3.63) is 0 Å². The van der Waals surface area contributed by atoms with Gasteiger partial charge in [-0.25, -0.2) is 4.57 Å². The van der Waals surface area contributed by atoms with Crippen LogP contribution in [-0.2, 0) is 27.8 Å². The van der Waals surface area contributed by atoms with Crippen LogP contribution in [-0.4, -0.2) is 145 Å². The summed E-state index contributed by atoms with van der Waals surface area (Å²) >= 11 is 0. The van der Waals surface area contributed by atoms with Crippen molar-refractivity contribution in [2.75, 3.05) is 67.3 Å². The van der Waals surface area contributed by atoms with Gasteiger partial charge in [-0.2, -0.15) is 0 Å². The van der Waals surface area contributed by atoms with Crippen LogP contribution in [0.2, 0.25) is 0 Å². The fraction of sp³-hybridized carbons (Fsp3) is 1.00. The Morgan fingerprint density at radius 2 is 1.04 bits per heavy atom. The number of quaternary nitrogens is 1. The molecule has 0 saturated heterocycles. The van der Waals surface area contributed by atoms with Crippen LogP contribution in [0.25, 0.3) is 0 Å². The fourth-order valence-corrected chi connectivity index (χ4v) is 6.29. The number of nitrogens with zero attached hydrogens (tertiary/aromatic N) is 1. The van der Waals surface area contributed by atoms with Crippen molar-refractivity contribution in [1.82, 2.24) is 0 Å². The Hall–Kier alpha value is -0.250. The predicted octanol–water partition coefficient (Wildman–Crippen LogP) is 3.69. The van der Waals surface area contributed by atoms with E-state index < -0.39 is 50.6 Å². The van der Waals surface area contributed by atoms with Crippen molar-refractivity contribution >= 4 is 7.82 Å². The number of phosphoric ester groups is 1. The molecule has 0 radical (unpaired) electrons. The lowest BCUT2D eigenvalue weighted by Gasteiger charge is -2.41. The van der Waals surface area contributed by atoms with Crippen LogP contribution in [0, 0.1) is 0 Å². The van der Waals surface area contributed by atoms with Crippen LogP contribution in [0.1, 0.15) is 110 Å². The molecule has 6 N–H and O–H groups in total. The van der Waals surface area contributed by atoms with Crippen LogP contribution in [0.3, 0.4) is 0 Å². The van der Waals surface area contributed by atoms with E-state index in [0.29, 0.717) is 17.6 Å². The van der Waals surface area contributed by atoms with E-state index in [9.17, 15) is 35.0 Å². The lowest BCUT2D eigenvalue weighted by molar-refractivity contribution is -0.870. The SMILES string of the molecule is CCCCCCCCCCCCCCCCCCOCC(COP(=O)(O)OCC[N+](C)(C)C)OCCOC1[C@@H](O)[C@H](O)C(O)[C@H](O)[C@@H]1O. The molecule has 0 aromatic carbocycles. The Labute approximate surface area is 290 Å². The van der Waals surface area contributed by atoms with E-state index in [1.165, 1.54) is 83.5 Å². The first-order valence-corrected chi connectivity index (χ1v) is 19.9. The molecule has 0 aliphatic heterocycles. The second-order valence-electron chi connectivity index (χ2n) is 14.3. The molecule has 0 heterocycles. The standard InChI is InChI=1S/C34H70NO12P/c1-5-6-7-8-9-10-11-12-13-14-15-16-17-18-19-20-22-43-26-28(27-47-48(41,42)46-23-21-35(2,3)4)44-24-25-45-34-32(39)30(37)29(36)31(38)33(34)40/h28-34,36-40H,5-27H2,1-4H3/p+1/t28?,29?,30-,31+,32-,33-,34?/m0/s1. The molecule has 14 heteroatoms. The van der Waals surface area contributed by atoms with Gasteiger partial charge in [0.1, 0.15) is 55.9 Å². The molecule has 48 heavy (non-hydrogen) atoms. The normalized spacial score (nSPS) is 25.3. The Bertz CT molecular complexity index is 803. The molecular weight excluding hydrogens is 645 g/mol. The van der Waals surface area contributed by atoms with Crippen LogP contribution in [0.5, 0.6) is 0 Å². The maximum absolute atomic E-state index is 12.4. The zero-order valence-corrected chi connectivity index (χ0v) is 31.2. The lowest BCUT2D eigenvalue weighted by atomic mass is 9.85. The average molecular weight is 717 g/mol. The quantitative estimate of drug-likeness (QED) is 0.0348. The van der Waals surface area contributed by atoms with Crippen molar-refractivity contribution in [2.24, 2.45) is 0 Å². The monoisotopic (exact) mass is 716 g/mol. The summed E-state index contributed by atoms with van der Waals surface area (Å²) in [5.74, 6) is 0. The molecule has 1 rings (SSSR count). The molecule has 1 aliphatic rings. The van der Waals surface area contributed by atoms with E-state index in [2.05, 4.69) is 6.92 Å². The van der Waals surface area contributed by atoms with Crippen molar-refractivity contribution < 1.29 is 62.7 Å². The van der Waals surface area contributed by atoms with Crippen molar-refractivity contribution in [3.8, 4) is 0 Å². The van der Waals surface area contributed by atoms with Crippen LogP contribution in [0.15, 0.2) is 0 Å². The summed E-state index contributed by atoms with van der Waals surface area (Å²) in [5.41, 5.74) is 0. The number of aliphatic hydroxyl groups excluding tert-OH is 5. The van der Waals surface area contributed by atoms with Gasteiger partial charge in [-0.3, -0.25) is 9.05 Å². The zero-order chi connectivity index (χ0) is 35.8. The van der Waals surface area contributed by atoms with E-state index in [-0.39, 0.29) is 33.0 Å². The molecule has 1 saturated carbocycles. The smallest absolute Gasteiger partial charge is 0.387 e. The van der Waals surface area contributed by atoms with Crippen molar-refractivity contribution in [2.45, 2.75) is 152 Å². The van der Waals surface area contributed by atoms with Gasteiger partial charge in [-0.05, 0) is 6.42 Å². The highest BCUT2D eigenvalue weighted by atomic mass is 31.2. The molecule has 0 amide bonds. The molecule has 8 atom stereocenters. The summed E-state index contributed by atoms with van der Waals surface area (Å²) in [7, 11) is 1.47. The minimum absolute atomic E-state index is 0.0326. The van der Waals surface area contributed by atoms with Crippen LogP contribution < -0.4 is 0 Å².